The molecule has 0 radical (unpaired) electrons. The molecule has 2 aromatic carbocycles. The fourth-order valence-corrected chi connectivity index (χ4v) is 6.31. The molecule has 3 aromatic heterocycles. The number of hydrogen-bond acceptors (Lipinski definition) is 12. The van der Waals surface area contributed by atoms with Crippen molar-refractivity contribution in [1.29, 1.82) is 0 Å². The third-order valence-corrected chi connectivity index (χ3v) is 9.26. The Hall–Kier alpha value is -5.40. The van der Waals surface area contributed by atoms with Crippen LogP contribution in [0, 0.1) is 12.7 Å². The number of halogens is 1. The van der Waals surface area contributed by atoms with Crippen molar-refractivity contribution in [2.45, 2.75) is 52.9 Å². The lowest BCUT2D eigenvalue weighted by atomic mass is 10.0. The van der Waals surface area contributed by atoms with E-state index in [2.05, 4.69) is 51.8 Å². The summed E-state index contributed by atoms with van der Waals surface area (Å²) in [6.45, 7) is 14.3. The number of rotatable bonds is 13. The Kier molecular flexibility index (Phi) is 11.6. The van der Waals surface area contributed by atoms with Gasteiger partial charge in [0.1, 0.15) is 23.1 Å². The van der Waals surface area contributed by atoms with Crippen LogP contribution in [0.4, 0.5) is 21.8 Å². The lowest BCUT2D eigenvalue weighted by molar-refractivity contribution is 0.0590. The summed E-state index contributed by atoms with van der Waals surface area (Å²) < 4.78 is 30.6. The van der Waals surface area contributed by atoms with Gasteiger partial charge >= 0.3 is 0 Å². The van der Waals surface area contributed by atoms with Crippen molar-refractivity contribution in [1.82, 2.24) is 34.7 Å². The van der Waals surface area contributed by atoms with Crippen LogP contribution in [0.3, 0.4) is 0 Å². The number of piperazine rings is 1. The third-order valence-electron chi connectivity index (χ3n) is 9.26. The number of hydrogen-bond donors (Lipinski definition) is 1. The van der Waals surface area contributed by atoms with Crippen molar-refractivity contribution in [3.8, 4) is 28.8 Å². The van der Waals surface area contributed by atoms with Gasteiger partial charge < -0.3 is 24.4 Å². The number of aromatic nitrogens is 5. The Morgan fingerprint density at radius 1 is 0.755 bits per heavy atom. The molecule has 6 rings (SSSR count). The number of aryl methyl sites for hydroxylation is 1. The number of nitrogens with zero attached hydrogens (tertiary/aromatic N) is 8. The Labute approximate surface area is 311 Å². The molecule has 0 saturated carbocycles. The Bertz CT molecular complexity index is 1930. The van der Waals surface area contributed by atoms with Gasteiger partial charge in [-0.3, -0.25) is 9.80 Å². The summed E-state index contributed by atoms with van der Waals surface area (Å²) in [4.78, 5) is 30.8. The molecule has 1 N–H and O–H groups in total. The van der Waals surface area contributed by atoms with Crippen LogP contribution in [-0.2, 0) is 19.6 Å². The van der Waals surface area contributed by atoms with Crippen LogP contribution in [0.25, 0.3) is 11.4 Å². The van der Waals surface area contributed by atoms with Crippen LogP contribution in [0.5, 0.6) is 17.4 Å². The molecule has 1 saturated heterocycles. The van der Waals surface area contributed by atoms with E-state index in [0.717, 1.165) is 60.9 Å². The van der Waals surface area contributed by atoms with E-state index in [0.29, 0.717) is 47.8 Å². The number of methoxy groups -OCH3 is 3. The maximum Gasteiger partial charge on any atom is 0.250 e. The van der Waals surface area contributed by atoms with Gasteiger partial charge in [0.15, 0.2) is 11.6 Å². The average Bonchev–Trinajstić information content (AvgIpc) is 3.15. The summed E-state index contributed by atoms with van der Waals surface area (Å²) in [5.41, 5.74) is 4.34. The second-order valence-corrected chi connectivity index (χ2v) is 14.1. The zero-order chi connectivity index (χ0) is 37.5. The van der Waals surface area contributed by atoms with E-state index in [1.807, 2.05) is 61.7 Å². The first kappa shape index (κ1) is 37.4. The fourth-order valence-electron chi connectivity index (χ4n) is 6.31. The molecular weight excluding hydrogens is 673 g/mol. The zero-order valence-electron chi connectivity index (χ0n) is 31.6. The number of pyridine rings is 2. The molecule has 5 aromatic rings. The minimum absolute atomic E-state index is 0.0859. The van der Waals surface area contributed by atoms with Crippen LogP contribution in [0.1, 0.15) is 43.3 Å². The lowest BCUT2D eigenvalue weighted by Crippen LogP contribution is -2.53. The Morgan fingerprint density at radius 2 is 1.38 bits per heavy atom. The minimum atomic E-state index is -0.587. The predicted octanol–water partition coefficient (Wildman–Crippen LogP) is 6.67. The topological polar surface area (TPSA) is 114 Å². The highest BCUT2D eigenvalue weighted by molar-refractivity contribution is 5.75. The van der Waals surface area contributed by atoms with E-state index < -0.39 is 5.82 Å². The van der Waals surface area contributed by atoms with Gasteiger partial charge in [0, 0.05) is 63.6 Å². The molecular formula is C40H48FN9O3. The Morgan fingerprint density at radius 3 is 1.92 bits per heavy atom. The van der Waals surface area contributed by atoms with Gasteiger partial charge in [-0.15, -0.1) is 0 Å². The van der Waals surface area contributed by atoms with E-state index >= 15 is 0 Å². The maximum atomic E-state index is 14.7. The first-order chi connectivity index (χ1) is 25.5. The van der Waals surface area contributed by atoms with Crippen molar-refractivity contribution in [3.05, 3.63) is 101 Å². The minimum Gasteiger partial charge on any atom is -0.497 e. The monoisotopic (exact) mass is 721 g/mol. The van der Waals surface area contributed by atoms with Gasteiger partial charge in [0.05, 0.1) is 38.8 Å². The van der Waals surface area contributed by atoms with E-state index in [9.17, 15) is 4.39 Å². The smallest absolute Gasteiger partial charge is 0.250 e. The summed E-state index contributed by atoms with van der Waals surface area (Å²) >= 11 is 0. The number of anilines is 3. The van der Waals surface area contributed by atoms with E-state index in [1.54, 1.807) is 14.2 Å². The molecule has 0 amide bonds. The third kappa shape index (κ3) is 9.53. The highest BCUT2D eigenvalue weighted by Gasteiger charge is 2.26. The molecule has 12 nitrogen and oxygen atoms in total. The lowest BCUT2D eigenvalue weighted by Gasteiger charge is -2.42. The van der Waals surface area contributed by atoms with Crippen LogP contribution in [0.2, 0.25) is 0 Å². The molecule has 13 heteroatoms. The first-order valence-corrected chi connectivity index (χ1v) is 17.7. The molecule has 0 unspecified atom stereocenters. The van der Waals surface area contributed by atoms with Gasteiger partial charge in [-0.25, -0.2) is 19.3 Å². The van der Waals surface area contributed by atoms with E-state index in [-0.39, 0.29) is 11.4 Å². The first-order valence-electron chi connectivity index (χ1n) is 17.7. The van der Waals surface area contributed by atoms with Crippen LogP contribution < -0.4 is 24.4 Å². The van der Waals surface area contributed by atoms with E-state index in [1.165, 1.54) is 19.4 Å². The fraction of sp³-hybridized carbons (Fsp3) is 0.375. The summed E-state index contributed by atoms with van der Waals surface area (Å²) in [6, 6.07) is 19.3. The largest absolute Gasteiger partial charge is 0.497 e. The van der Waals surface area contributed by atoms with Gasteiger partial charge in [0.25, 0.3) is 0 Å². The molecule has 0 bridgehead atoms. The van der Waals surface area contributed by atoms with E-state index in [4.69, 9.17) is 34.1 Å². The molecule has 1 fully saturated rings. The molecule has 0 spiro atoms. The predicted molar refractivity (Wildman–Crippen MR) is 204 cm³/mol. The Balaban J connectivity index is 1.37. The summed E-state index contributed by atoms with van der Waals surface area (Å²) in [7, 11) is 4.69. The quantitative estimate of drug-likeness (QED) is 0.140. The summed E-state index contributed by atoms with van der Waals surface area (Å²) in [5.74, 6) is 2.85. The summed E-state index contributed by atoms with van der Waals surface area (Å²) in [6.07, 6.45) is 3.36. The van der Waals surface area contributed by atoms with Crippen molar-refractivity contribution in [2.24, 2.45) is 0 Å². The van der Waals surface area contributed by atoms with Gasteiger partial charge in [-0.2, -0.15) is 9.97 Å². The standard InChI is InChI=1S/C40H48FN9O3/c1-27-44-37(47-39(45-27)49(25-28-8-12-32(51-5)13-9-28)26-29-10-14-33(52-6)15-11-29)34-20-30(24-48-16-18-50(19-17-48)40(2,3)4)22-42-36(34)46-31-21-35(41)38(53-7)43-23-31/h8-15,20-23H,16-19,24-26H2,1-7H3,(H,42,46). The molecule has 1 aliphatic heterocycles. The van der Waals surface area contributed by atoms with Crippen molar-refractivity contribution < 1.29 is 18.6 Å². The zero-order valence-corrected chi connectivity index (χ0v) is 31.6. The number of ether oxygens (including phenoxy) is 3. The van der Waals surface area contributed by atoms with Gasteiger partial charge in [-0.05, 0) is 74.7 Å². The second-order valence-electron chi connectivity index (χ2n) is 14.1. The second kappa shape index (κ2) is 16.5. The molecule has 4 heterocycles. The van der Waals surface area contributed by atoms with Gasteiger partial charge in [-0.1, -0.05) is 24.3 Å². The molecule has 1 aliphatic rings. The molecule has 0 aliphatic carbocycles. The van der Waals surface area contributed by atoms with Crippen LogP contribution in [-0.4, -0.2) is 87.8 Å². The number of nitrogens with one attached hydrogen (secondary N) is 1. The number of benzene rings is 2. The molecule has 53 heavy (non-hydrogen) atoms. The summed E-state index contributed by atoms with van der Waals surface area (Å²) in [5, 5.41) is 3.26. The van der Waals surface area contributed by atoms with Crippen LogP contribution >= 0.6 is 0 Å². The average molecular weight is 722 g/mol. The van der Waals surface area contributed by atoms with Crippen molar-refractivity contribution >= 4 is 17.5 Å². The SMILES string of the molecule is COc1ccc(CN(Cc2ccc(OC)cc2)c2nc(C)nc(-c3cc(CN4CCN(C(C)(C)C)CC4)cnc3Nc3cnc(OC)c(F)c3)n2)cc1. The molecule has 278 valence electrons. The van der Waals surface area contributed by atoms with Gasteiger partial charge in [0.2, 0.25) is 11.8 Å². The van der Waals surface area contributed by atoms with Crippen molar-refractivity contribution in [3.63, 3.8) is 0 Å². The normalized spacial score (nSPS) is 13.8. The highest BCUT2D eigenvalue weighted by Crippen LogP contribution is 2.31. The van der Waals surface area contributed by atoms with Crippen LogP contribution in [0.15, 0.2) is 73.1 Å². The van der Waals surface area contributed by atoms with Crippen molar-refractivity contribution in [2.75, 3.05) is 57.7 Å². The molecule has 0 atom stereocenters. The highest BCUT2D eigenvalue weighted by atomic mass is 19.1. The maximum absolute atomic E-state index is 14.7.